The molecule has 0 radical (unpaired) electrons. The number of guanidine groups is 1. The minimum absolute atomic E-state index is 0.200. The first-order chi connectivity index (χ1) is 12.8. The molecule has 3 rings (SSSR count). The maximum absolute atomic E-state index is 11.1. The van der Waals surface area contributed by atoms with Gasteiger partial charge in [-0.15, -0.1) is 0 Å². The number of nitrogens with zero attached hydrogens (tertiary/aromatic N) is 5. The van der Waals surface area contributed by atoms with Crippen molar-refractivity contribution in [3.63, 3.8) is 0 Å². The largest absolute Gasteiger partial charge is 0.331 e. The minimum Gasteiger partial charge on any atom is -0.331 e. The summed E-state index contributed by atoms with van der Waals surface area (Å²) in [4.78, 5) is 18.6. The van der Waals surface area contributed by atoms with Crippen molar-refractivity contribution in [1.29, 1.82) is 0 Å². The number of aromatic nitrogens is 1. The molecule has 1 saturated heterocycles. The Balaban J connectivity index is 1.86. The zero-order valence-electron chi connectivity index (χ0n) is 14.0. The van der Waals surface area contributed by atoms with Crippen molar-refractivity contribution in [2.75, 3.05) is 13.1 Å². The van der Waals surface area contributed by atoms with Crippen molar-refractivity contribution in [1.82, 2.24) is 14.8 Å². The van der Waals surface area contributed by atoms with Crippen LogP contribution in [-0.4, -0.2) is 38.9 Å². The van der Waals surface area contributed by atoms with Gasteiger partial charge in [0.2, 0.25) is 0 Å². The van der Waals surface area contributed by atoms with Crippen molar-refractivity contribution in [2.45, 2.75) is 6.54 Å². The van der Waals surface area contributed by atoms with Gasteiger partial charge >= 0.3 is 0 Å². The number of rotatable bonds is 5. The van der Waals surface area contributed by atoms with E-state index >= 15 is 0 Å². The van der Waals surface area contributed by atoms with Crippen LogP contribution in [0.15, 0.2) is 48.2 Å². The van der Waals surface area contributed by atoms with E-state index in [2.05, 4.69) is 16.7 Å². The Hall–Kier alpha value is -2.35. The Labute approximate surface area is 170 Å². The molecule has 27 heavy (non-hydrogen) atoms. The Bertz CT molecular complexity index is 917. The Kier molecular flexibility index (Phi) is 5.84. The van der Waals surface area contributed by atoms with E-state index in [0.29, 0.717) is 46.1 Å². The molecule has 1 fully saturated rings. The first-order valence-corrected chi connectivity index (χ1v) is 8.99. The number of hydrogen-bond acceptors (Lipinski definition) is 3. The van der Waals surface area contributed by atoms with Crippen molar-refractivity contribution in [3.05, 3.63) is 79.5 Å². The molecule has 1 aliphatic rings. The van der Waals surface area contributed by atoms with Gasteiger partial charge in [-0.25, -0.2) is 15.1 Å². The van der Waals surface area contributed by atoms with Crippen LogP contribution in [0.4, 0.5) is 0 Å². The van der Waals surface area contributed by atoms with E-state index in [1.807, 2.05) is 6.07 Å². The predicted molar refractivity (Wildman–Crippen MR) is 106 cm³/mol. The highest BCUT2D eigenvalue weighted by Gasteiger charge is 2.32. The van der Waals surface area contributed by atoms with E-state index in [-0.39, 0.29) is 5.96 Å². The Morgan fingerprint density at radius 1 is 1.22 bits per heavy atom. The van der Waals surface area contributed by atoms with Crippen LogP contribution in [0.2, 0.25) is 15.2 Å². The maximum Gasteiger partial charge on any atom is 0.278 e. The van der Waals surface area contributed by atoms with E-state index in [9.17, 15) is 10.1 Å². The van der Waals surface area contributed by atoms with E-state index in [1.165, 1.54) is 0 Å². The van der Waals surface area contributed by atoms with Crippen LogP contribution in [0.5, 0.6) is 0 Å². The molecule has 1 aromatic carbocycles. The highest BCUT2D eigenvalue weighted by atomic mass is 35.5. The summed E-state index contributed by atoms with van der Waals surface area (Å²) in [6.07, 6.45) is 1.63. The highest BCUT2D eigenvalue weighted by Crippen LogP contribution is 2.29. The molecule has 0 amide bonds. The molecule has 7 nitrogen and oxygen atoms in total. The van der Waals surface area contributed by atoms with Gasteiger partial charge in [-0.1, -0.05) is 53.5 Å². The van der Waals surface area contributed by atoms with Gasteiger partial charge in [0.05, 0.1) is 10.0 Å². The number of benzene rings is 1. The third-order valence-corrected chi connectivity index (χ3v) is 4.99. The molecule has 0 N–H and O–H groups in total. The summed E-state index contributed by atoms with van der Waals surface area (Å²) < 4.78 is 0. The molecule has 0 bridgehead atoms. The molecular formula is C17H14Cl3N5O2. The second kappa shape index (κ2) is 8.12. The van der Waals surface area contributed by atoms with E-state index < -0.39 is 5.03 Å². The molecule has 2 heterocycles. The average Bonchev–Trinajstić information content (AvgIpc) is 3.00. The summed E-state index contributed by atoms with van der Waals surface area (Å²) in [5.41, 5.74) is 2.11. The normalized spacial score (nSPS) is 15.4. The fourth-order valence-corrected chi connectivity index (χ4v) is 3.15. The second-order valence-electron chi connectivity index (χ2n) is 5.78. The summed E-state index contributed by atoms with van der Waals surface area (Å²) in [6.45, 7) is 5.49. The van der Waals surface area contributed by atoms with Gasteiger partial charge in [0.25, 0.3) is 5.96 Å². The Morgan fingerprint density at radius 2 is 2.00 bits per heavy atom. The van der Waals surface area contributed by atoms with Crippen molar-refractivity contribution < 1.29 is 5.03 Å². The van der Waals surface area contributed by atoms with Crippen LogP contribution in [0.25, 0.3) is 5.70 Å². The minimum atomic E-state index is -0.719. The molecule has 1 aromatic heterocycles. The number of nitro groups is 1. The quantitative estimate of drug-likeness (QED) is 0.403. The monoisotopic (exact) mass is 425 g/mol. The zero-order valence-corrected chi connectivity index (χ0v) is 16.2. The average molecular weight is 427 g/mol. The lowest BCUT2D eigenvalue weighted by Crippen LogP contribution is -2.33. The zero-order chi connectivity index (χ0) is 19.6. The lowest BCUT2D eigenvalue weighted by molar-refractivity contribution is -0.486. The summed E-state index contributed by atoms with van der Waals surface area (Å²) >= 11 is 17.8. The maximum atomic E-state index is 11.1. The van der Waals surface area contributed by atoms with E-state index in [0.717, 1.165) is 5.56 Å². The van der Waals surface area contributed by atoms with Gasteiger partial charge in [0.1, 0.15) is 10.3 Å². The smallest absolute Gasteiger partial charge is 0.278 e. The molecule has 0 saturated carbocycles. The predicted octanol–water partition coefficient (Wildman–Crippen LogP) is 4.38. The molecule has 0 aliphatic carbocycles. The van der Waals surface area contributed by atoms with E-state index in [1.54, 1.807) is 40.3 Å². The van der Waals surface area contributed by atoms with Crippen LogP contribution in [-0.2, 0) is 6.54 Å². The van der Waals surface area contributed by atoms with Crippen LogP contribution in [0.1, 0.15) is 11.1 Å². The highest BCUT2D eigenvalue weighted by molar-refractivity contribution is 6.42. The van der Waals surface area contributed by atoms with Gasteiger partial charge in [-0.3, -0.25) is 0 Å². The first kappa shape index (κ1) is 19.4. The molecule has 0 spiro atoms. The first-order valence-electron chi connectivity index (χ1n) is 7.85. The third kappa shape index (κ3) is 4.50. The molecule has 2 aromatic rings. The van der Waals surface area contributed by atoms with Gasteiger partial charge in [-0.2, -0.15) is 0 Å². The molecule has 140 valence electrons. The number of hydrazone groups is 1. The number of hydrogen-bond donors (Lipinski definition) is 0. The number of halogens is 3. The van der Waals surface area contributed by atoms with Crippen LogP contribution in [0.3, 0.4) is 0 Å². The summed E-state index contributed by atoms with van der Waals surface area (Å²) in [5.74, 6) is 0.200. The van der Waals surface area contributed by atoms with Crippen molar-refractivity contribution in [3.8, 4) is 0 Å². The van der Waals surface area contributed by atoms with Crippen LogP contribution < -0.4 is 0 Å². The fourth-order valence-electron chi connectivity index (χ4n) is 2.74. The third-order valence-electron chi connectivity index (χ3n) is 4.03. The SMILES string of the molecule is C=C(c1ccc(Cl)c(Cl)c1)N1CCN(Cc2ccc(Cl)nc2)C1=N[N+](=O)[O-]. The molecule has 10 heteroatoms. The number of pyridine rings is 1. The topological polar surface area (TPSA) is 74.9 Å². The lowest BCUT2D eigenvalue weighted by Gasteiger charge is -2.22. The summed E-state index contributed by atoms with van der Waals surface area (Å²) in [5, 5.41) is 15.1. The summed E-state index contributed by atoms with van der Waals surface area (Å²) in [6, 6.07) is 8.56. The Morgan fingerprint density at radius 3 is 2.63 bits per heavy atom. The standard InChI is InChI=1S/C17H14Cl3N5O2/c1-11(13-3-4-14(18)15(19)8-13)24-7-6-23(17(24)22-25(26)27)10-12-2-5-16(20)21-9-12/h2-5,8-9H,1,6-7,10H2. The van der Waals surface area contributed by atoms with Gasteiger partial charge in [0.15, 0.2) is 5.03 Å². The van der Waals surface area contributed by atoms with Crippen LogP contribution >= 0.6 is 34.8 Å². The lowest BCUT2D eigenvalue weighted by atomic mass is 10.1. The van der Waals surface area contributed by atoms with Gasteiger partial charge < -0.3 is 9.80 Å². The van der Waals surface area contributed by atoms with Crippen LogP contribution in [0, 0.1) is 10.1 Å². The molecule has 1 aliphatic heterocycles. The van der Waals surface area contributed by atoms with Gasteiger partial charge in [-0.05, 0) is 29.3 Å². The molecule has 0 atom stereocenters. The van der Waals surface area contributed by atoms with Crippen molar-refractivity contribution in [2.24, 2.45) is 5.10 Å². The van der Waals surface area contributed by atoms with Gasteiger partial charge in [0, 0.05) is 31.5 Å². The molecular weight excluding hydrogens is 413 g/mol. The second-order valence-corrected chi connectivity index (χ2v) is 6.98. The fraction of sp³-hybridized carbons (Fsp3) is 0.176. The summed E-state index contributed by atoms with van der Waals surface area (Å²) in [7, 11) is 0. The molecule has 0 unspecified atom stereocenters. The van der Waals surface area contributed by atoms with Crippen molar-refractivity contribution >= 4 is 46.5 Å². The van der Waals surface area contributed by atoms with E-state index in [4.69, 9.17) is 34.8 Å².